The smallest absolute Gasteiger partial charge is 0.367 e. The molecule has 6 nitrogen and oxygen atoms in total. The molecule has 0 saturated carbocycles. The van der Waals surface area contributed by atoms with Crippen molar-refractivity contribution >= 4 is 17.3 Å². The second-order valence-electron chi connectivity index (χ2n) is 4.76. The maximum Gasteiger partial charge on any atom is 0.367 e. The van der Waals surface area contributed by atoms with Gasteiger partial charge in [0.1, 0.15) is 0 Å². The molecule has 0 aromatic carbocycles. The van der Waals surface area contributed by atoms with E-state index in [1.807, 2.05) is 12.4 Å². The molecule has 1 saturated heterocycles. The van der Waals surface area contributed by atoms with Crippen LogP contribution in [-0.4, -0.2) is 61.9 Å². The van der Waals surface area contributed by atoms with E-state index in [2.05, 4.69) is 15.2 Å². The molecule has 0 radical (unpaired) electrons. The molecule has 1 fully saturated rings. The Morgan fingerprint density at radius 1 is 1.70 bits per heavy atom. The first kappa shape index (κ1) is 15.4. The minimum Gasteiger partial charge on any atom is -0.461 e. The van der Waals surface area contributed by atoms with Gasteiger partial charge in [0.25, 0.3) is 0 Å². The molecule has 112 valence electrons. The summed E-state index contributed by atoms with van der Waals surface area (Å²) >= 11 is 1.33. The summed E-state index contributed by atoms with van der Waals surface area (Å²) in [6.45, 7) is 6.29. The van der Waals surface area contributed by atoms with Crippen LogP contribution >= 0.6 is 11.3 Å². The third kappa shape index (κ3) is 4.52. The maximum atomic E-state index is 11.5. The molecule has 1 unspecified atom stereocenters. The van der Waals surface area contributed by atoms with Crippen LogP contribution in [0.15, 0.2) is 5.38 Å². The highest BCUT2D eigenvalue weighted by Crippen LogP contribution is 2.13. The Bertz CT molecular complexity index is 432. The highest BCUT2D eigenvalue weighted by molar-refractivity contribution is 7.11. The van der Waals surface area contributed by atoms with Crippen molar-refractivity contribution in [2.75, 3.05) is 39.9 Å². The van der Waals surface area contributed by atoms with Gasteiger partial charge in [0.2, 0.25) is 5.01 Å². The van der Waals surface area contributed by atoms with Gasteiger partial charge >= 0.3 is 5.97 Å². The number of hydrogen-bond donors (Lipinski definition) is 1. The minimum absolute atomic E-state index is 0.219. The predicted molar refractivity (Wildman–Crippen MR) is 77.0 cm³/mol. The Balaban J connectivity index is 1.81. The molecule has 1 aliphatic rings. The van der Waals surface area contributed by atoms with E-state index in [0.717, 1.165) is 31.9 Å². The molecule has 1 aromatic heterocycles. The monoisotopic (exact) mass is 299 g/mol. The second-order valence-corrected chi connectivity index (χ2v) is 5.62. The van der Waals surface area contributed by atoms with Crippen molar-refractivity contribution < 1.29 is 14.3 Å². The van der Waals surface area contributed by atoms with Gasteiger partial charge in [-0.25, -0.2) is 9.78 Å². The number of aromatic nitrogens is 1. The van der Waals surface area contributed by atoms with Crippen LogP contribution in [0.1, 0.15) is 22.4 Å². The van der Waals surface area contributed by atoms with Gasteiger partial charge in [-0.05, 0) is 14.0 Å². The fourth-order valence-electron chi connectivity index (χ4n) is 2.09. The first-order valence-electron chi connectivity index (χ1n) is 6.81. The van der Waals surface area contributed by atoms with E-state index in [1.54, 1.807) is 6.92 Å². The molecule has 1 aromatic rings. The quantitative estimate of drug-likeness (QED) is 0.782. The standard InChI is InChI=1S/C13H21N3O3S/c1-3-18-13(17)12-15-10(9-20-12)7-16(2)8-11-6-14-4-5-19-11/h9,11,14H,3-8H2,1-2H3. The summed E-state index contributed by atoms with van der Waals surface area (Å²) < 4.78 is 10.6. The van der Waals surface area contributed by atoms with E-state index in [9.17, 15) is 4.79 Å². The number of morpholine rings is 1. The van der Waals surface area contributed by atoms with Crippen LogP contribution in [0.3, 0.4) is 0 Å². The average Bonchev–Trinajstić information content (AvgIpc) is 2.88. The highest BCUT2D eigenvalue weighted by Gasteiger charge is 2.17. The lowest BCUT2D eigenvalue weighted by Crippen LogP contribution is -2.44. The van der Waals surface area contributed by atoms with Crippen molar-refractivity contribution in [3.8, 4) is 0 Å². The summed E-state index contributed by atoms with van der Waals surface area (Å²) in [5.74, 6) is -0.341. The zero-order valence-electron chi connectivity index (χ0n) is 11.9. The van der Waals surface area contributed by atoms with E-state index in [4.69, 9.17) is 9.47 Å². The largest absolute Gasteiger partial charge is 0.461 e. The molecule has 0 aliphatic carbocycles. The lowest BCUT2D eigenvalue weighted by molar-refractivity contribution is 0.00868. The Kier molecular flexibility index (Phi) is 5.90. The summed E-state index contributed by atoms with van der Waals surface area (Å²) in [5.41, 5.74) is 0.893. The normalized spacial score (nSPS) is 19.2. The number of rotatable bonds is 6. The highest BCUT2D eigenvalue weighted by atomic mass is 32.1. The number of thiazole rings is 1. The lowest BCUT2D eigenvalue weighted by Gasteiger charge is -2.27. The maximum absolute atomic E-state index is 11.5. The van der Waals surface area contributed by atoms with Gasteiger partial charge in [-0.15, -0.1) is 11.3 Å². The van der Waals surface area contributed by atoms with Gasteiger partial charge in [0.15, 0.2) is 0 Å². The Morgan fingerprint density at radius 3 is 3.25 bits per heavy atom. The molecule has 0 bridgehead atoms. The van der Waals surface area contributed by atoms with Gasteiger partial charge in [0.05, 0.1) is 25.0 Å². The summed E-state index contributed by atoms with van der Waals surface area (Å²) in [7, 11) is 2.03. The Labute approximate surface area is 123 Å². The third-order valence-corrected chi connectivity index (χ3v) is 3.82. The zero-order valence-corrected chi connectivity index (χ0v) is 12.7. The number of carbonyl (C=O) groups excluding carboxylic acids is 1. The number of hydrogen-bond acceptors (Lipinski definition) is 7. The molecule has 0 amide bonds. The molecule has 1 atom stereocenters. The van der Waals surface area contributed by atoms with Crippen molar-refractivity contribution in [2.45, 2.75) is 19.6 Å². The molecule has 2 heterocycles. The summed E-state index contributed by atoms with van der Waals surface area (Å²) in [6.07, 6.45) is 0.219. The first-order valence-corrected chi connectivity index (χ1v) is 7.69. The molecular formula is C13H21N3O3S. The number of nitrogens with one attached hydrogen (secondary N) is 1. The number of esters is 1. The first-order chi connectivity index (χ1) is 9.69. The van der Waals surface area contributed by atoms with Crippen LogP contribution in [0.4, 0.5) is 0 Å². The Hall–Kier alpha value is -1.02. The van der Waals surface area contributed by atoms with E-state index >= 15 is 0 Å². The molecular weight excluding hydrogens is 278 g/mol. The van der Waals surface area contributed by atoms with E-state index < -0.39 is 0 Å². The Morgan fingerprint density at radius 2 is 2.55 bits per heavy atom. The van der Waals surface area contributed by atoms with Crippen LogP contribution in [0.25, 0.3) is 0 Å². The van der Waals surface area contributed by atoms with Gasteiger partial charge < -0.3 is 14.8 Å². The fraction of sp³-hybridized carbons (Fsp3) is 0.692. The van der Waals surface area contributed by atoms with Crippen molar-refractivity contribution in [3.63, 3.8) is 0 Å². The SMILES string of the molecule is CCOC(=O)c1nc(CN(C)CC2CNCCO2)cs1. The minimum atomic E-state index is -0.341. The fourth-order valence-corrected chi connectivity index (χ4v) is 2.79. The van der Waals surface area contributed by atoms with Crippen molar-refractivity contribution in [1.82, 2.24) is 15.2 Å². The van der Waals surface area contributed by atoms with Crippen LogP contribution in [0, 0.1) is 0 Å². The summed E-state index contributed by atoms with van der Waals surface area (Å²) in [5, 5.41) is 5.64. The second kappa shape index (κ2) is 7.68. The molecule has 2 rings (SSSR count). The van der Waals surface area contributed by atoms with Crippen LogP contribution in [0.2, 0.25) is 0 Å². The van der Waals surface area contributed by atoms with Crippen molar-refractivity contribution in [3.05, 3.63) is 16.1 Å². The average molecular weight is 299 g/mol. The molecule has 7 heteroatoms. The lowest BCUT2D eigenvalue weighted by atomic mass is 10.3. The third-order valence-electron chi connectivity index (χ3n) is 2.95. The van der Waals surface area contributed by atoms with Gasteiger partial charge in [-0.1, -0.05) is 0 Å². The van der Waals surface area contributed by atoms with Gasteiger partial charge in [-0.3, -0.25) is 4.90 Å². The van der Waals surface area contributed by atoms with Crippen molar-refractivity contribution in [1.29, 1.82) is 0 Å². The number of ether oxygens (including phenoxy) is 2. The number of carbonyl (C=O) groups is 1. The van der Waals surface area contributed by atoms with E-state index in [0.29, 0.717) is 18.2 Å². The van der Waals surface area contributed by atoms with Crippen LogP contribution in [0.5, 0.6) is 0 Å². The van der Waals surface area contributed by atoms with Gasteiger partial charge in [0, 0.05) is 31.6 Å². The molecule has 0 spiro atoms. The van der Waals surface area contributed by atoms with E-state index in [1.165, 1.54) is 11.3 Å². The molecule has 20 heavy (non-hydrogen) atoms. The topological polar surface area (TPSA) is 63.7 Å². The summed E-state index contributed by atoms with van der Waals surface area (Å²) in [4.78, 5) is 18.0. The van der Waals surface area contributed by atoms with Gasteiger partial charge in [-0.2, -0.15) is 0 Å². The number of likely N-dealkylation sites (N-methyl/N-ethyl adjacent to an activating group) is 1. The number of nitrogens with zero attached hydrogens (tertiary/aromatic N) is 2. The van der Waals surface area contributed by atoms with Crippen LogP contribution in [-0.2, 0) is 16.0 Å². The predicted octanol–water partition coefficient (Wildman–Crippen LogP) is 0.740. The van der Waals surface area contributed by atoms with Crippen LogP contribution < -0.4 is 5.32 Å². The van der Waals surface area contributed by atoms with E-state index in [-0.39, 0.29) is 12.1 Å². The zero-order chi connectivity index (χ0) is 14.4. The van der Waals surface area contributed by atoms with Crippen molar-refractivity contribution in [2.24, 2.45) is 0 Å². The molecule has 1 N–H and O–H groups in total. The molecule has 1 aliphatic heterocycles. The summed E-state index contributed by atoms with van der Waals surface area (Å²) in [6, 6.07) is 0.